The Hall–Kier alpha value is -0.860. The third-order valence-corrected chi connectivity index (χ3v) is 5.62. The molecule has 2 rings (SSSR count). The molecule has 0 aromatic carbocycles. The van der Waals surface area contributed by atoms with Gasteiger partial charge in [-0.25, -0.2) is 4.79 Å². The number of rotatable bonds is 3. The van der Waals surface area contributed by atoms with Crippen LogP contribution in [-0.2, 0) is 14.3 Å². The largest absolute Gasteiger partial charge is 0.465 e. The summed E-state index contributed by atoms with van der Waals surface area (Å²) in [5.74, 6) is -0.556. The molecular formula is C12H12BrNO4S2. The number of halogens is 1. The first-order valence-corrected chi connectivity index (χ1v) is 8.32. The van der Waals surface area contributed by atoms with E-state index in [4.69, 9.17) is 4.74 Å². The standard InChI is InChI=1S/C12H12BrNO4S2/c1-6(15)20-7-3-9(16)14(4-7)10-8(13)5-19-11(10)12(17)18-2/h5,7H,3-4H2,1-2H3. The van der Waals surface area contributed by atoms with Crippen molar-refractivity contribution in [3.8, 4) is 0 Å². The van der Waals surface area contributed by atoms with Gasteiger partial charge in [0, 0.05) is 30.5 Å². The van der Waals surface area contributed by atoms with E-state index < -0.39 is 5.97 Å². The molecule has 0 aliphatic carbocycles. The van der Waals surface area contributed by atoms with Crippen molar-refractivity contribution >= 4 is 61.7 Å². The number of thioether (sulfide) groups is 1. The second-order valence-corrected chi connectivity index (χ2v) is 7.40. The van der Waals surface area contributed by atoms with E-state index in [2.05, 4.69) is 15.9 Å². The number of hydrogen-bond acceptors (Lipinski definition) is 6. The molecule has 20 heavy (non-hydrogen) atoms. The van der Waals surface area contributed by atoms with Crippen molar-refractivity contribution in [2.45, 2.75) is 18.6 Å². The molecule has 1 unspecified atom stereocenters. The fourth-order valence-corrected chi connectivity index (χ4v) is 4.61. The van der Waals surface area contributed by atoms with Crippen molar-refractivity contribution < 1.29 is 19.1 Å². The highest BCUT2D eigenvalue weighted by atomic mass is 79.9. The lowest BCUT2D eigenvalue weighted by atomic mass is 10.3. The maximum Gasteiger partial charge on any atom is 0.350 e. The third-order valence-electron chi connectivity index (χ3n) is 2.78. The van der Waals surface area contributed by atoms with Gasteiger partial charge in [-0.1, -0.05) is 11.8 Å². The Morgan fingerprint density at radius 2 is 2.25 bits per heavy atom. The molecule has 1 aromatic rings. The smallest absolute Gasteiger partial charge is 0.350 e. The third kappa shape index (κ3) is 3.07. The highest BCUT2D eigenvalue weighted by Crippen LogP contribution is 2.39. The summed E-state index contributed by atoms with van der Waals surface area (Å²) in [6.07, 6.45) is 0.299. The van der Waals surface area contributed by atoms with E-state index in [1.54, 1.807) is 10.3 Å². The molecule has 1 fully saturated rings. The number of thiophene rings is 1. The Morgan fingerprint density at radius 1 is 1.55 bits per heavy atom. The number of methoxy groups -OCH3 is 1. The van der Waals surface area contributed by atoms with Crippen molar-refractivity contribution in [2.24, 2.45) is 0 Å². The molecule has 1 saturated heterocycles. The first kappa shape index (κ1) is 15.5. The molecule has 1 aliphatic heterocycles. The Balaban J connectivity index is 2.28. The molecule has 2 heterocycles. The van der Waals surface area contributed by atoms with Crippen LogP contribution in [0.25, 0.3) is 0 Å². The molecule has 0 radical (unpaired) electrons. The van der Waals surface area contributed by atoms with Gasteiger partial charge in [-0.3, -0.25) is 9.59 Å². The van der Waals surface area contributed by atoms with Gasteiger partial charge >= 0.3 is 5.97 Å². The zero-order valence-electron chi connectivity index (χ0n) is 10.8. The monoisotopic (exact) mass is 377 g/mol. The summed E-state index contributed by atoms with van der Waals surface area (Å²) in [6, 6.07) is 0. The van der Waals surface area contributed by atoms with E-state index in [1.165, 1.54) is 25.4 Å². The van der Waals surface area contributed by atoms with Crippen molar-refractivity contribution in [1.82, 2.24) is 0 Å². The fourth-order valence-electron chi connectivity index (χ4n) is 2.02. The van der Waals surface area contributed by atoms with Gasteiger partial charge < -0.3 is 9.64 Å². The van der Waals surface area contributed by atoms with Crippen LogP contribution < -0.4 is 4.90 Å². The van der Waals surface area contributed by atoms with Gasteiger partial charge in [0.05, 0.1) is 17.3 Å². The molecule has 5 nitrogen and oxygen atoms in total. The van der Waals surface area contributed by atoms with Gasteiger partial charge in [0.15, 0.2) is 5.12 Å². The average Bonchev–Trinajstić information content (AvgIpc) is 2.91. The molecule has 0 N–H and O–H groups in total. The highest BCUT2D eigenvalue weighted by Gasteiger charge is 2.35. The normalized spacial score (nSPS) is 18.4. The zero-order valence-corrected chi connectivity index (χ0v) is 14.1. The molecule has 0 saturated carbocycles. The summed E-state index contributed by atoms with van der Waals surface area (Å²) in [4.78, 5) is 36.9. The second-order valence-electron chi connectivity index (χ2n) is 4.19. The molecular weight excluding hydrogens is 366 g/mol. The van der Waals surface area contributed by atoms with E-state index >= 15 is 0 Å². The Kier molecular flexibility index (Phi) is 4.87. The van der Waals surface area contributed by atoms with Crippen LogP contribution in [0.4, 0.5) is 5.69 Å². The lowest BCUT2D eigenvalue weighted by Crippen LogP contribution is -2.26. The Morgan fingerprint density at radius 3 is 2.85 bits per heavy atom. The minimum Gasteiger partial charge on any atom is -0.465 e. The Bertz CT molecular complexity index is 572. The first-order chi connectivity index (χ1) is 9.43. The van der Waals surface area contributed by atoms with Gasteiger partial charge in [-0.15, -0.1) is 11.3 Å². The van der Waals surface area contributed by atoms with Crippen LogP contribution in [0.1, 0.15) is 23.0 Å². The molecule has 108 valence electrons. The summed E-state index contributed by atoms with van der Waals surface area (Å²) < 4.78 is 5.41. The van der Waals surface area contributed by atoms with E-state index in [-0.39, 0.29) is 16.3 Å². The number of ether oxygens (including phenoxy) is 1. The Labute approximate surface area is 132 Å². The quantitative estimate of drug-likeness (QED) is 0.757. The molecule has 1 amide bonds. The number of esters is 1. The number of amides is 1. The SMILES string of the molecule is COC(=O)c1scc(Br)c1N1CC(SC(C)=O)CC1=O. The van der Waals surface area contributed by atoms with Crippen molar-refractivity contribution in [3.63, 3.8) is 0 Å². The number of carbonyl (C=O) groups excluding carboxylic acids is 3. The van der Waals surface area contributed by atoms with Crippen LogP contribution in [0.15, 0.2) is 9.85 Å². The van der Waals surface area contributed by atoms with Crippen LogP contribution in [-0.4, -0.2) is 35.9 Å². The van der Waals surface area contributed by atoms with Crippen molar-refractivity contribution in [1.29, 1.82) is 0 Å². The van der Waals surface area contributed by atoms with Gasteiger partial charge in [-0.2, -0.15) is 0 Å². The molecule has 0 spiro atoms. The van der Waals surface area contributed by atoms with Crippen LogP contribution in [0.2, 0.25) is 0 Å². The van der Waals surface area contributed by atoms with Gasteiger partial charge in [-0.05, 0) is 15.9 Å². The van der Waals surface area contributed by atoms with Gasteiger partial charge in [0.25, 0.3) is 0 Å². The summed E-state index contributed by atoms with van der Waals surface area (Å²) in [7, 11) is 1.31. The summed E-state index contributed by atoms with van der Waals surface area (Å²) in [5, 5.41) is 1.67. The van der Waals surface area contributed by atoms with Crippen LogP contribution in [0.3, 0.4) is 0 Å². The molecule has 1 aliphatic rings. The highest BCUT2D eigenvalue weighted by molar-refractivity contribution is 9.10. The molecule has 1 atom stereocenters. The van der Waals surface area contributed by atoms with E-state index in [0.717, 1.165) is 11.8 Å². The number of nitrogens with zero attached hydrogens (tertiary/aromatic N) is 1. The lowest BCUT2D eigenvalue weighted by molar-refractivity contribution is -0.117. The van der Waals surface area contributed by atoms with Crippen LogP contribution in [0.5, 0.6) is 0 Å². The van der Waals surface area contributed by atoms with E-state index in [9.17, 15) is 14.4 Å². The topological polar surface area (TPSA) is 63.7 Å². The van der Waals surface area contributed by atoms with E-state index in [1.807, 2.05) is 0 Å². The zero-order chi connectivity index (χ0) is 14.9. The number of carbonyl (C=O) groups is 3. The minimum atomic E-state index is -0.467. The van der Waals surface area contributed by atoms with Crippen LogP contribution in [0, 0.1) is 0 Å². The molecule has 8 heteroatoms. The number of anilines is 1. The predicted octanol–water partition coefficient (Wildman–Crippen LogP) is 2.68. The molecule has 1 aromatic heterocycles. The molecule has 0 bridgehead atoms. The summed E-state index contributed by atoms with van der Waals surface area (Å²) in [5.41, 5.74) is 0.540. The van der Waals surface area contributed by atoms with Crippen molar-refractivity contribution in [3.05, 3.63) is 14.7 Å². The average molecular weight is 378 g/mol. The van der Waals surface area contributed by atoms with Gasteiger partial charge in [0.2, 0.25) is 5.91 Å². The number of hydrogen-bond donors (Lipinski definition) is 0. The van der Waals surface area contributed by atoms with E-state index in [0.29, 0.717) is 28.0 Å². The summed E-state index contributed by atoms with van der Waals surface area (Å²) >= 11 is 5.74. The van der Waals surface area contributed by atoms with Crippen LogP contribution >= 0.6 is 39.0 Å². The predicted molar refractivity (Wildman–Crippen MR) is 82.4 cm³/mol. The maximum absolute atomic E-state index is 12.1. The van der Waals surface area contributed by atoms with Crippen molar-refractivity contribution in [2.75, 3.05) is 18.6 Å². The minimum absolute atomic E-state index is 0.0118. The fraction of sp³-hybridized carbons (Fsp3) is 0.417. The van der Waals surface area contributed by atoms with Gasteiger partial charge in [0.1, 0.15) is 4.88 Å². The first-order valence-electron chi connectivity index (χ1n) is 5.77. The lowest BCUT2D eigenvalue weighted by Gasteiger charge is -2.17. The summed E-state index contributed by atoms with van der Waals surface area (Å²) in [6.45, 7) is 1.90. The maximum atomic E-state index is 12.1. The second kappa shape index (κ2) is 6.28.